The Hall–Kier alpha value is -2.91. The molecule has 0 aliphatic carbocycles. The third-order valence-electron chi connectivity index (χ3n) is 3.71. The molecule has 8 nitrogen and oxygen atoms in total. The van der Waals surface area contributed by atoms with Crippen molar-refractivity contribution < 1.29 is 21.6 Å². The highest BCUT2D eigenvalue weighted by Crippen LogP contribution is 2.27. The lowest BCUT2D eigenvalue weighted by molar-refractivity contribution is -0.144. The van der Waals surface area contributed by atoms with Crippen LogP contribution in [-0.2, 0) is 23.2 Å². The molecule has 0 radical (unpaired) electrons. The van der Waals surface area contributed by atoms with Crippen molar-refractivity contribution in [2.45, 2.75) is 11.1 Å². The van der Waals surface area contributed by atoms with Crippen LogP contribution in [0.15, 0.2) is 38.8 Å². The molecule has 0 bridgehead atoms. The number of alkyl halides is 3. The van der Waals surface area contributed by atoms with Crippen molar-refractivity contribution in [3.8, 4) is 11.8 Å². The molecule has 0 unspecified atom stereocenters. The maximum absolute atomic E-state index is 12.9. The standard InChI is InChI=1S/C15H13F3N4O4S/c1-20(2)27(25,26)11-6-10(5-4-9(11)8-19)22-13(23)7-12(15(16,17)18)21(3)14(22)24/h4-7H,1-3H3. The first-order chi connectivity index (χ1) is 12.3. The van der Waals surface area contributed by atoms with Gasteiger partial charge in [0.15, 0.2) is 0 Å². The second kappa shape index (κ2) is 6.67. The summed E-state index contributed by atoms with van der Waals surface area (Å²) in [4.78, 5) is 24.0. The van der Waals surface area contributed by atoms with Crippen molar-refractivity contribution in [1.29, 1.82) is 5.26 Å². The van der Waals surface area contributed by atoms with Gasteiger partial charge in [-0.1, -0.05) is 0 Å². The molecule has 0 amide bonds. The summed E-state index contributed by atoms with van der Waals surface area (Å²) in [6.45, 7) is 0. The topological polar surface area (TPSA) is 105 Å². The van der Waals surface area contributed by atoms with E-state index < -0.39 is 38.0 Å². The van der Waals surface area contributed by atoms with Gasteiger partial charge in [0.05, 0.1) is 11.3 Å². The zero-order valence-corrected chi connectivity index (χ0v) is 15.1. The molecule has 0 spiro atoms. The molecule has 0 aliphatic rings. The average Bonchev–Trinajstić information content (AvgIpc) is 2.56. The molecule has 144 valence electrons. The van der Waals surface area contributed by atoms with Gasteiger partial charge < -0.3 is 0 Å². The Morgan fingerprint density at radius 2 is 1.74 bits per heavy atom. The van der Waals surface area contributed by atoms with Crippen LogP contribution in [-0.4, -0.2) is 36.0 Å². The number of hydrogen-bond donors (Lipinski definition) is 0. The monoisotopic (exact) mass is 402 g/mol. The SMILES string of the molecule is CN(C)S(=O)(=O)c1cc(-n2c(=O)cc(C(F)(F)F)n(C)c2=O)ccc1C#N. The quantitative estimate of drug-likeness (QED) is 0.751. The van der Waals surface area contributed by atoms with E-state index in [1.165, 1.54) is 14.1 Å². The van der Waals surface area contributed by atoms with E-state index in [4.69, 9.17) is 5.26 Å². The molecular weight excluding hydrogens is 389 g/mol. The highest BCUT2D eigenvalue weighted by atomic mass is 32.2. The van der Waals surface area contributed by atoms with E-state index in [2.05, 4.69) is 0 Å². The Balaban J connectivity index is 2.87. The number of rotatable bonds is 3. The van der Waals surface area contributed by atoms with Crippen LogP contribution in [0.2, 0.25) is 0 Å². The largest absolute Gasteiger partial charge is 0.431 e. The maximum atomic E-state index is 12.9. The fourth-order valence-electron chi connectivity index (χ4n) is 2.29. The number of nitriles is 1. The van der Waals surface area contributed by atoms with Gasteiger partial charge in [0.25, 0.3) is 5.56 Å². The van der Waals surface area contributed by atoms with Crippen LogP contribution in [0.1, 0.15) is 11.3 Å². The number of sulfonamides is 1. The van der Waals surface area contributed by atoms with Crippen LogP contribution in [0, 0.1) is 11.3 Å². The molecule has 0 aliphatic heterocycles. The summed E-state index contributed by atoms with van der Waals surface area (Å²) in [6, 6.07) is 4.97. The molecule has 0 N–H and O–H groups in total. The number of hydrogen-bond acceptors (Lipinski definition) is 5. The predicted octanol–water partition coefficient (Wildman–Crippen LogP) is 0.677. The van der Waals surface area contributed by atoms with Crippen LogP contribution < -0.4 is 11.2 Å². The molecule has 1 aromatic heterocycles. The van der Waals surface area contributed by atoms with Crippen LogP contribution in [0.25, 0.3) is 5.69 Å². The van der Waals surface area contributed by atoms with E-state index in [9.17, 15) is 31.2 Å². The molecule has 2 rings (SSSR count). The van der Waals surface area contributed by atoms with Crippen LogP contribution in [0.5, 0.6) is 0 Å². The molecule has 0 fully saturated rings. The van der Waals surface area contributed by atoms with Gasteiger partial charge in [0.2, 0.25) is 10.0 Å². The van der Waals surface area contributed by atoms with E-state index in [1.807, 2.05) is 0 Å². The first kappa shape index (κ1) is 20.4. The Bertz CT molecular complexity index is 1170. The van der Waals surface area contributed by atoms with Gasteiger partial charge in [-0.2, -0.15) is 18.4 Å². The lowest BCUT2D eigenvalue weighted by Crippen LogP contribution is -2.40. The van der Waals surface area contributed by atoms with E-state index in [1.54, 1.807) is 6.07 Å². The van der Waals surface area contributed by atoms with Crippen LogP contribution in [0.3, 0.4) is 0 Å². The molecule has 0 saturated carbocycles. The molecule has 27 heavy (non-hydrogen) atoms. The summed E-state index contributed by atoms with van der Waals surface area (Å²) in [6.07, 6.45) is -4.92. The van der Waals surface area contributed by atoms with Crippen LogP contribution >= 0.6 is 0 Å². The maximum Gasteiger partial charge on any atom is 0.431 e. The van der Waals surface area contributed by atoms with E-state index in [-0.39, 0.29) is 21.9 Å². The molecule has 1 heterocycles. The minimum absolute atomic E-state index is 0.236. The Morgan fingerprint density at radius 3 is 2.22 bits per heavy atom. The van der Waals surface area contributed by atoms with E-state index in [0.29, 0.717) is 4.57 Å². The lowest BCUT2D eigenvalue weighted by atomic mass is 10.2. The molecule has 0 atom stereocenters. The van der Waals surface area contributed by atoms with Crippen molar-refractivity contribution in [3.63, 3.8) is 0 Å². The second-order valence-electron chi connectivity index (χ2n) is 5.62. The van der Waals surface area contributed by atoms with Gasteiger partial charge in [-0.15, -0.1) is 0 Å². The van der Waals surface area contributed by atoms with Crippen molar-refractivity contribution in [3.05, 3.63) is 56.4 Å². The average molecular weight is 402 g/mol. The van der Waals surface area contributed by atoms with Crippen molar-refractivity contribution in [1.82, 2.24) is 13.4 Å². The van der Waals surface area contributed by atoms with E-state index in [0.717, 1.165) is 29.6 Å². The van der Waals surface area contributed by atoms with Gasteiger partial charge >= 0.3 is 11.9 Å². The van der Waals surface area contributed by atoms with Crippen molar-refractivity contribution >= 4 is 10.0 Å². The third kappa shape index (κ3) is 3.51. The smallest absolute Gasteiger partial charge is 0.292 e. The highest BCUT2D eigenvalue weighted by Gasteiger charge is 2.35. The minimum Gasteiger partial charge on any atom is -0.292 e. The lowest BCUT2D eigenvalue weighted by Gasteiger charge is -2.16. The molecule has 1 aromatic carbocycles. The highest BCUT2D eigenvalue weighted by molar-refractivity contribution is 7.89. The molecule has 12 heteroatoms. The van der Waals surface area contributed by atoms with Gasteiger partial charge in [-0.3, -0.25) is 9.36 Å². The Kier molecular flexibility index (Phi) is 5.04. The first-order valence-electron chi connectivity index (χ1n) is 7.19. The zero-order valence-electron chi connectivity index (χ0n) is 14.3. The Morgan fingerprint density at radius 1 is 1.15 bits per heavy atom. The minimum atomic E-state index is -4.92. The number of aromatic nitrogens is 2. The second-order valence-corrected chi connectivity index (χ2v) is 7.74. The zero-order chi connectivity index (χ0) is 20.7. The molecule has 0 saturated heterocycles. The Labute approximate surface area is 151 Å². The summed E-state index contributed by atoms with van der Waals surface area (Å²) in [5.74, 6) is 0. The van der Waals surface area contributed by atoms with Crippen molar-refractivity contribution in [2.75, 3.05) is 14.1 Å². The third-order valence-corrected chi connectivity index (χ3v) is 5.57. The first-order valence-corrected chi connectivity index (χ1v) is 8.63. The fourth-order valence-corrected chi connectivity index (χ4v) is 3.34. The van der Waals surface area contributed by atoms with Gasteiger partial charge in [0, 0.05) is 27.2 Å². The summed E-state index contributed by atoms with van der Waals surface area (Å²) < 4.78 is 65.0. The van der Waals surface area contributed by atoms with Crippen LogP contribution in [0.4, 0.5) is 13.2 Å². The van der Waals surface area contributed by atoms with Gasteiger partial charge in [-0.25, -0.2) is 22.1 Å². The molecular formula is C15H13F3N4O4S. The normalized spacial score (nSPS) is 12.2. The summed E-state index contributed by atoms with van der Waals surface area (Å²) >= 11 is 0. The van der Waals surface area contributed by atoms with Gasteiger partial charge in [-0.05, 0) is 18.2 Å². The number of benzene rings is 1. The summed E-state index contributed by atoms with van der Waals surface area (Å²) in [5.41, 5.74) is -4.57. The predicted molar refractivity (Wildman–Crippen MR) is 87.9 cm³/mol. The van der Waals surface area contributed by atoms with Gasteiger partial charge in [0.1, 0.15) is 16.7 Å². The fraction of sp³-hybridized carbons (Fsp3) is 0.267. The number of nitrogens with zero attached hydrogens (tertiary/aromatic N) is 4. The number of halogens is 3. The summed E-state index contributed by atoms with van der Waals surface area (Å²) in [7, 11) is -0.846. The van der Waals surface area contributed by atoms with E-state index >= 15 is 0 Å². The summed E-state index contributed by atoms with van der Waals surface area (Å²) in [5, 5.41) is 9.11. The van der Waals surface area contributed by atoms with Crippen molar-refractivity contribution in [2.24, 2.45) is 7.05 Å². The molecule has 2 aromatic rings.